The summed E-state index contributed by atoms with van der Waals surface area (Å²) in [5.41, 5.74) is 0. The van der Waals surface area contributed by atoms with Gasteiger partial charge in [-0.3, -0.25) is 4.79 Å². The summed E-state index contributed by atoms with van der Waals surface area (Å²) in [6, 6.07) is 4.20. The topological polar surface area (TPSA) is 111 Å². The number of carboxylic acid groups (broad SMARTS) is 2. The number of carboxylic acids is 2. The third-order valence-corrected chi connectivity index (χ3v) is 4.32. The van der Waals surface area contributed by atoms with E-state index in [-0.39, 0.29) is 5.91 Å². The number of carbonyl (C=O) groups excluding carboxylic acids is 1. The van der Waals surface area contributed by atoms with Gasteiger partial charge >= 0.3 is 11.9 Å². The number of aliphatic carboxylic acids is 2. The molecule has 2 aliphatic heterocycles. The molecule has 0 aromatic carbocycles. The van der Waals surface area contributed by atoms with Gasteiger partial charge in [0.25, 0.3) is 5.91 Å². The molecule has 1 amide bonds. The van der Waals surface area contributed by atoms with Crippen LogP contribution in [0.3, 0.4) is 0 Å². The Balaban J connectivity index is 0.000000301. The minimum Gasteiger partial charge on any atom is -0.473 e. The fourth-order valence-electron chi connectivity index (χ4n) is 3.10. The van der Waals surface area contributed by atoms with E-state index < -0.39 is 11.9 Å². The summed E-state index contributed by atoms with van der Waals surface area (Å²) in [7, 11) is 0. The van der Waals surface area contributed by atoms with Crippen LogP contribution in [0, 0.1) is 0 Å². The highest BCUT2D eigenvalue weighted by Crippen LogP contribution is 2.22. The lowest BCUT2D eigenvalue weighted by Gasteiger charge is -2.36. The number of rotatable bonds is 2. The van der Waals surface area contributed by atoms with Crippen LogP contribution in [0.1, 0.15) is 36.2 Å². The highest BCUT2D eigenvalue weighted by molar-refractivity contribution is 6.27. The molecule has 2 saturated heterocycles. The SMILES string of the molecule is O=C(O)C(=O)O.O=C(c1ccco1)N1CCC(N2CCCC2)CC1. The van der Waals surface area contributed by atoms with E-state index in [4.69, 9.17) is 24.2 Å². The van der Waals surface area contributed by atoms with Crippen LogP contribution in [-0.2, 0) is 9.59 Å². The largest absolute Gasteiger partial charge is 0.473 e. The van der Waals surface area contributed by atoms with E-state index in [1.165, 1.54) is 25.9 Å². The summed E-state index contributed by atoms with van der Waals surface area (Å²) >= 11 is 0. The van der Waals surface area contributed by atoms with Gasteiger partial charge in [0.15, 0.2) is 5.76 Å². The van der Waals surface area contributed by atoms with Crippen molar-refractivity contribution in [1.82, 2.24) is 9.80 Å². The van der Waals surface area contributed by atoms with Crippen molar-refractivity contribution in [2.45, 2.75) is 31.7 Å². The molecular weight excluding hydrogens is 316 g/mol. The zero-order valence-corrected chi connectivity index (χ0v) is 13.4. The summed E-state index contributed by atoms with van der Waals surface area (Å²) in [5.74, 6) is -3.14. The highest BCUT2D eigenvalue weighted by Gasteiger charge is 2.29. The first-order valence-corrected chi connectivity index (χ1v) is 8.02. The van der Waals surface area contributed by atoms with Gasteiger partial charge in [0.05, 0.1) is 6.26 Å². The fourth-order valence-corrected chi connectivity index (χ4v) is 3.10. The average Bonchev–Trinajstić information content (AvgIpc) is 3.28. The van der Waals surface area contributed by atoms with Gasteiger partial charge in [-0.2, -0.15) is 0 Å². The number of carbonyl (C=O) groups is 3. The van der Waals surface area contributed by atoms with Gasteiger partial charge in [0.2, 0.25) is 0 Å². The smallest absolute Gasteiger partial charge is 0.414 e. The van der Waals surface area contributed by atoms with Gasteiger partial charge in [-0.15, -0.1) is 0 Å². The third kappa shape index (κ3) is 4.82. The molecule has 2 fully saturated rings. The van der Waals surface area contributed by atoms with E-state index in [0.717, 1.165) is 25.9 Å². The maximum absolute atomic E-state index is 12.1. The molecule has 1 aromatic rings. The van der Waals surface area contributed by atoms with Crippen molar-refractivity contribution in [3.05, 3.63) is 24.2 Å². The maximum atomic E-state index is 12.1. The van der Waals surface area contributed by atoms with Crippen molar-refractivity contribution in [1.29, 1.82) is 0 Å². The Morgan fingerprint density at radius 3 is 2.04 bits per heavy atom. The molecule has 0 aliphatic carbocycles. The zero-order chi connectivity index (χ0) is 17.5. The Kier molecular flexibility index (Phi) is 6.36. The number of hydrogen-bond acceptors (Lipinski definition) is 5. The normalized spacial score (nSPS) is 18.8. The molecule has 3 rings (SSSR count). The van der Waals surface area contributed by atoms with Crippen LogP contribution in [0.25, 0.3) is 0 Å². The van der Waals surface area contributed by atoms with Crippen LogP contribution in [0.5, 0.6) is 0 Å². The lowest BCUT2D eigenvalue weighted by atomic mass is 10.0. The molecule has 2 N–H and O–H groups in total. The molecule has 0 atom stereocenters. The Hall–Kier alpha value is -2.35. The van der Waals surface area contributed by atoms with Crippen molar-refractivity contribution in [3.8, 4) is 0 Å². The molecule has 8 nitrogen and oxygen atoms in total. The van der Waals surface area contributed by atoms with Crippen LogP contribution in [0.2, 0.25) is 0 Å². The molecule has 0 saturated carbocycles. The lowest BCUT2D eigenvalue weighted by molar-refractivity contribution is -0.159. The zero-order valence-electron chi connectivity index (χ0n) is 13.4. The van der Waals surface area contributed by atoms with Gasteiger partial charge in [-0.1, -0.05) is 0 Å². The van der Waals surface area contributed by atoms with Crippen molar-refractivity contribution in [2.24, 2.45) is 0 Å². The predicted molar refractivity (Wildman–Crippen MR) is 83.7 cm³/mol. The first-order chi connectivity index (χ1) is 11.5. The van der Waals surface area contributed by atoms with Crippen LogP contribution in [0.15, 0.2) is 22.8 Å². The molecule has 0 spiro atoms. The number of hydrogen-bond donors (Lipinski definition) is 2. The standard InChI is InChI=1S/C14H20N2O2.C2H2O4/c17-14(13-4-3-11-18-13)16-9-5-12(6-10-16)15-7-1-2-8-15;3-1(4)2(5)6/h3-4,11-12H,1-2,5-10H2;(H,3,4)(H,5,6). The second kappa shape index (κ2) is 8.49. The average molecular weight is 338 g/mol. The van der Waals surface area contributed by atoms with Crippen molar-refractivity contribution in [2.75, 3.05) is 26.2 Å². The van der Waals surface area contributed by atoms with Crippen molar-refractivity contribution in [3.63, 3.8) is 0 Å². The Bertz CT molecular complexity index is 545. The molecule has 3 heterocycles. The lowest BCUT2D eigenvalue weighted by Crippen LogP contribution is -2.45. The number of furan rings is 1. The van der Waals surface area contributed by atoms with Gasteiger partial charge in [0.1, 0.15) is 0 Å². The van der Waals surface area contributed by atoms with Crippen molar-refractivity contribution < 1.29 is 29.0 Å². The maximum Gasteiger partial charge on any atom is 0.414 e. The van der Waals surface area contributed by atoms with E-state index in [0.29, 0.717) is 11.8 Å². The van der Waals surface area contributed by atoms with E-state index in [2.05, 4.69) is 4.90 Å². The second-order valence-electron chi connectivity index (χ2n) is 5.85. The third-order valence-electron chi connectivity index (χ3n) is 4.32. The van der Waals surface area contributed by atoms with E-state index in [9.17, 15) is 4.79 Å². The Labute approximate surface area is 139 Å². The van der Waals surface area contributed by atoms with E-state index in [1.807, 2.05) is 4.90 Å². The first kappa shape index (κ1) is 18.0. The summed E-state index contributed by atoms with van der Waals surface area (Å²) in [6.07, 6.45) is 6.44. The molecule has 1 aromatic heterocycles. The molecule has 2 aliphatic rings. The van der Waals surface area contributed by atoms with E-state index in [1.54, 1.807) is 18.4 Å². The first-order valence-electron chi connectivity index (χ1n) is 8.02. The molecular formula is C16H22N2O6. The summed E-state index contributed by atoms with van der Waals surface area (Å²) in [5, 5.41) is 14.8. The number of piperidine rings is 1. The molecule has 132 valence electrons. The van der Waals surface area contributed by atoms with E-state index >= 15 is 0 Å². The van der Waals surface area contributed by atoms with Crippen LogP contribution in [-0.4, -0.2) is 70.1 Å². The number of likely N-dealkylation sites (tertiary alicyclic amines) is 2. The second-order valence-corrected chi connectivity index (χ2v) is 5.85. The quantitative estimate of drug-likeness (QED) is 0.778. The van der Waals surface area contributed by atoms with Gasteiger partial charge in [-0.05, 0) is 50.9 Å². The fraction of sp³-hybridized carbons (Fsp3) is 0.562. The minimum absolute atomic E-state index is 0.0415. The molecule has 0 unspecified atom stereocenters. The van der Waals surface area contributed by atoms with Crippen LogP contribution >= 0.6 is 0 Å². The number of amides is 1. The molecule has 0 bridgehead atoms. The number of nitrogens with zero attached hydrogens (tertiary/aromatic N) is 2. The summed E-state index contributed by atoms with van der Waals surface area (Å²) in [6.45, 7) is 4.22. The monoisotopic (exact) mass is 338 g/mol. The van der Waals surface area contributed by atoms with Crippen LogP contribution < -0.4 is 0 Å². The predicted octanol–water partition coefficient (Wildman–Crippen LogP) is 1.14. The molecule has 0 radical (unpaired) electrons. The molecule has 8 heteroatoms. The van der Waals surface area contributed by atoms with Gasteiger partial charge in [-0.25, -0.2) is 9.59 Å². The highest BCUT2D eigenvalue weighted by atomic mass is 16.4. The van der Waals surface area contributed by atoms with Gasteiger partial charge < -0.3 is 24.4 Å². The summed E-state index contributed by atoms with van der Waals surface area (Å²) in [4.78, 5) is 34.8. The Morgan fingerprint density at radius 2 is 1.58 bits per heavy atom. The van der Waals surface area contributed by atoms with Crippen molar-refractivity contribution >= 4 is 17.8 Å². The minimum atomic E-state index is -1.82. The molecule has 24 heavy (non-hydrogen) atoms. The van der Waals surface area contributed by atoms with Gasteiger partial charge in [0, 0.05) is 19.1 Å². The van der Waals surface area contributed by atoms with Crippen LogP contribution in [0.4, 0.5) is 0 Å². The summed E-state index contributed by atoms with van der Waals surface area (Å²) < 4.78 is 5.17. The Morgan fingerprint density at radius 1 is 1.00 bits per heavy atom.